The van der Waals surface area contributed by atoms with E-state index in [-0.39, 0.29) is 5.91 Å². The van der Waals surface area contributed by atoms with Gasteiger partial charge in [0.15, 0.2) is 5.16 Å². The van der Waals surface area contributed by atoms with Gasteiger partial charge in [0, 0.05) is 27.0 Å². The van der Waals surface area contributed by atoms with Crippen LogP contribution in [-0.2, 0) is 5.75 Å². The molecular weight excluding hydrogens is 367 g/mol. The number of hydrogen-bond acceptors (Lipinski definition) is 4. The molecule has 1 heterocycles. The van der Waals surface area contributed by atoms with Gasteiger partial charge in [0.25, 0.3) is 5.91 Å². The Morgan fingerprint density at radius 3 is 2.67 bits per heavy atom. The van der Waals surface area contributed by atoms with Crippen molar-refractivity contribution in [2.45, 2.75) is 10.9 Å². The molecule has 0 aliphatic heterocycles. The maximum absolute atomic E-state index is 12.4. The highest BCUT2D eigenvalue weighted by Gasteiger charge is 2.09. The van der Waals surface area contributed by atoms with Crippen molar-refractivity contribution in [2.24, 2.45) is 0 Å². The lowest BCUT2D eigenvalue weighted by Gasteiger charge is -2.08. The zero-order chi connectivity index (χ0) is 16.9. The van der Waals surface area contributed by atoms with Crippen LogP contribution in [0.5, 0.6) is 0 Å². The minimum atomic E-state index is -0.222. The molecule has 1 aromatic heterocycles. The van der Waals surface area contributed by atoms with E-state index in [0.29, 0.717) is 27.0 Å². The Morgan fingerprint density at radius 2 is 1.96 bits per heavy atom. The van der Waals surface area contributed by atoms with Gasteiger partial charge < -0.3 is 5.32 Å². The van der Waals surface area contributed by atoms with Crippen molar-refractivity contribution in [1.82, 2.24) is 15.2 Å². The summed E-state index contributed by atoms with van der Waals surface area (Å²) in [6, 6.07) is 12.3. The van der Waals surface area contributed by atoms with Gasteiger partial charge in [-0.1, -0.05) is 47.1 Å². The van der Waals surface area contributed by atoms with E-state index in [1.165, 1.54) is 18.1 Å². The van der Waals surface area contributed by atoms with E-state index in [4.69, 9.17) is 23.2 Å². The van der Waals surface area contributed by atoms with Gasteiger partial charge in [-0.05, 0) is 35.9 Å². The van der Waals surface area contributed by atoms with Crippen molar-refractivity contribution in [1.29, 1.82) is 0 Å². The van der Waals surface area contributed by atoms with Gasteiger partial charge in [-0.15, -0.1) is 0 Å². The van der Waals surface area contributed by atoms with Crippen LogP contribution in [0.15, 0.2) is 53.9 Å². The first kappa shape index (κ1) is 16.8. The van der Waals surface area contributed by atoms with Gasteiger partial charge >= 0.3 is 0 Å². The average Bonchev–Trinajstić information content (AvgIpc) is 3.05. The number of halogens is 2. The molecule has 5 nitrogen and oxygen atoms in total. The van der Waals surface area contributed by atoms with Crippen LogP contribution in [0.25, 0.3) is 0 Å². The molecule has 0 saturated heterocycles. The highest BCUT2D eigenvalue weighted by Crippen LogP contribution is 2.23. The lowest BCUT2D eigenvalue weighted by atomic mass is 10.1. The Morgan fingerprint density at radius 1 is 1.17 bits per heavy atom. The van der Waals surface area contributed by atoms with Crippen molar-refractivity contribution in [3.8, 4) is 0 Å². The molecule has 0 bridgehead atoms. The van der Waals surface area contributed by atoms with Crippen molar-refractivity contribution in [2.75, 3.05) is 5.32 Å². The van der Waals surface area contributed by atoms with Crippen LogP contribution in [0.2, 0.25) is 10.0 Å². The number of amides is 1. The van der Waals surface area contributed by atoms with Crippen LogP contribution < -0.4 is 5.32 Å². The summed E-state index contributed by atoms with van der Waals surface area (Å²) in [7, 11) is 0. The second kappa shape index (κ2) is 7.70. The van der Waals surface area contributed by atoms with Crippen molar-refractivity contribution >= 4 is 46.6 Å². The predicted molar refractivity (Wildman–Crippen MR) is 96.8 cm³/mol. The first-order chi connectivity index (χ1) is 11.6. The number of anilines is 1. The lowest BCUT2D eigenvalue weighted by molar-refractivity contribution is 0.102. The second-order valence-electron chi connectivity index (χ2n) is 4.89. The standard InChI is InChI=1S/C16H12Cl2N4OS/c17-12-5-13(18)7-14(6-12)21-15(23)11-3-1-2-10(4-11)8-24-16-19-9-20-22-16/h1-7,9H,8H2,(H,21,23)(H,19,20,22). The van der Waals surface area contributed by atoms with Crippen LogP contribution in [-0.4, -0.2) is 21.1 Å². The monoisotopic (exact) mass is 378 g/mol. The van der Waals surface area contributed by atoms with Crippen LogP contribution in [0.3, 0.4) is 0 Å². The molecule has 8 heteroatoms. The third-order valence-electron chi connectivity index (χ3n) is 3.08. The summed E-state index contributed by atoms with van der Waals surface area (Å²) in [6.07, 6.45) is 1.46. The Labute approximate surface area is 152 Å². The minimum absolute atomic E-state index is 0.222. The van der Waals surface area contributed by atoms with Gasteiger partial charge in [0.2, 0.25) is 0 Å². The molecular formula is C16H12Cl2N4OS. The van der Waals surface area contributed by atoms with Crippen molar-refractivity contribution in [3.63, 3.8) is 0 Å². The van der Waals surface area contributed by atoms with E-state index in [9.17, 15) is 4.79 Å². The quantitative estimate of drug-likeness (QED) is 0.633. The SMILES string of the molecule is O=C(Nc1cc(Cl)cc(Cl)c1)c1cccc(CSc2ncn[nH]2)c1. The van der Waals surface area contributed by atoms with E-state index in [1.54, 1.807) is 24.3 Å². The minimum Gasteiger partial charge on any atom is -0.322 e. The number of carbonyl (C=O) groups is 1. The largest absolute Gasteiger partial charge is 0.322 e. The van der Waals surface area contributed by atoms with Crippen LogP contribution >= 0.6 is 35.0 Å². The number of benzene rings is 2. The van der Waals surface area contributed by atoms with E-state index in [1.807, 2.05) is 18.2 Å². The summed E-state index contributed by atoms with van der Waals surface area (Å²) in [6.45, 7) is 0. The molecule has 2 N–H and O–H groups in total. The van der Waals surface area contributed by atoms with E-state index in [2.05, 4.69) is 20.5 Å². The van der Waals surface area contributed by atoms with Crippen molar-refractivity contribution < 1.29 is 4.79 Å². The Bertz CT molecular complexity index is 835. The molecule has 24 heavy (non-hydrogen) atoms. The zero-order valence-electron chi connectivity index (χ0n) is 12.3. The van der Waals surface area contributed by atoms with Crippen LogP contribution in [0.4, 0.5) is 5.69 Å². The number of nitrogens with one attached hydrogen (secondary N) is 2. The number of aromatic nitrogens is 3. The number of rotatable bonds is 5. The van der Waals surface area contributed by atoms with Crippen LogP contribution in [0.1, 0.15) is 15.9 Å². The third kappa shape index (κ3) is 4.50. The van der Waals surface area contributed by atoms with E-state index < -0.39 is 0 Å². The highest BCUT2D eigenvalue weighted by molar-refractivity contribution is 7.98. The topological polar surface area (TPSA) is 70.7 Å². The van der Waals surface area contributed by atoms with Crippen LogP contribution in [0, 0.1) is 0 Å². The van der Waals surface area contributed by atoms with Gasteiger partial charge in [0.05, 0.1) is 0 Å². The number of hydrogen-bond donors (Lipinski definition) is 2. The van der Waals surface area contributed by atoms with Gasteiger partial charge in [-0.25, -0.2) is 4.98 Å². The molecule has 0 unspecified atom stereocenters. The molecule has 3 rings (SSSR count). The number of nitrogens with zero attached hydrogens (tertiary/aromatic N) is 2. The van der Waals surface area contributed by atoms with Gasteiger partial charge in [-0.2, -0.15) is 5.10 Å². The average molecular weight is 379 g/mol. The fraction of sp³-hybridized carbons (Fsp3) is 0.0625. The highest BCUT2D eigenvalue weighted by atomic mass is 35.5. The summed E-state index contributed by atoms with van der Waals surface area (Å²) in [4.78, 5) is 16.4. The number of carbonyl (C=O) groups excluding carboxylic acids is 1. The van der Waals surface area contributed by atoms with Gasteiger partial charge in [-0.3, -0.25) is 9.89 Å². The van der Waals surface area contributed by atoms with Crippen molar-refractivity contribution in [3.05, 3.63) is 70.0 Å². The summed E-state index contributed by atoms with van der Waals surface area (Å²) >= 11 is 13.4. The zero-order valence-corrected chi connectivity index (χ0v) is 14.6. The summed E-state index contributed by atoms with van der Waals surface area (Å²) in [5, 5.41) is 11.0. The molecule has 0 atom stereocenters. The smallest absolute Gasteiger partial charge is 0.255 e. The molecule has 0 fully saturated rings. The molecule has 0 spiro atoms. The molecule has 122 valence electrons. The summed E-state index contributed by atoms with van der Waals surface area (Å²) in [5.41, 5.74) is 2.12. The number of aromatic amines is 1. The molecule has 0 aliphatic carbocycles. The molecule has 3 aromatic rings. The maximum Gasteiger partial charge on any atom is 0.255 e. The molecule has 1 amide bonds. The molecule has 2 aromatic carbocycles. The van der Waals surface area contributed by atoms with Gasteiger partial charge in [0.1, 0.15) is 6.33 Å². The summed E-state index contributed by atoms with van der Waals surface area (Å²) < 4.78 is 0. The van der Waals surface area contributed by atoms with E-state index >= 15 is 0 Å². The predicted octanol–water partition coefficient (Wildman–Crippen LogP) is 4.66. The first-order valence-corrected chi connectivity index (χ1v) is 8.69. The molecule has 0 radical (unpaired) electrons. The Balaban J connectivity index is 1.69. The summed E-state index contributed by atoms with van der Waals surface area (Å²) in [5.74, 6) is 0.458. The maximum atomic E-state index is 12.4. The molecule has 0 saturated carbocycles. The Hall–Kier alpha value is -2.02. The Kier molecular flexibility index (Phi) is 5.40. The first-order valence-electron chi connectivity index (χ1n) is 6.95. The number of thioether (sulfide) groups is 1. The normalized spacial score (nSPS) is 10.6. The molecule has 0 aliphatic rings. The fourth-order valence-corrected chi connectivity index (χ4v) is 3.30. The fourth-order valence-electron chi connectivity index (χ4n) is 2.05. The third-order valence-corrected chi connectivity index (χ3v) is 4.46. The second-order valence-corrected chi connectivity index (χ2v) is 6.73. The lowest BCUT2D eigenvalue weighted by Crippen LogP contribution is -2.12. The number of H-pyrrole nitrogens is 1. The van der Waals surface area contributed by atoms with E-state index in [0.717, 1.165) is 10.7 Å².